The van der Waals surface area contributed by atoms with Gasteiger partial charge in [-0.3, -0.25) is 4.57 Å². The van der Waals surface area contributed by atoms with E-state index in [2.05, 4.69) is 28.6 Å². The predicted octanol–water partition coefficient (Wildman–Crippen LogP) is 0.491. The molecule has 1 saturated heterocycles. The zero-order valence-corrected chi connectivity index (χ0v) is 8.81. The first kappa shape index (κ1) is 14.3. The molecule has 0 bridgehead atoms. The van der Waals surface area contributed by atoms with E-state index in [1.54, 1.807) is 0 Å². The van der Waals surface area contributed by atoms with Gasteiger partial charge in [0.05, 0.1) is 0 Å². The van der Waals surface area contributed by atoms with Gasteiger partial charge < -0.3 is 15.1 Å². The molecule has 0 aliphatic carbocycles. The highest BCUT2D eigenvalue weighted by Gasteiger charge is 1.93. The van der Waals surface area contributed by atoms with Gasteiger partial charge in [-0.25, -0.2) is 0 Å². The van der Waals surface area contributed by atoms with Crippen molar-refractivity contribution < 1.29 is 14.4 Å². The maximum atomic E-state index is 8.74. The van der Waals surface area contributed by atoms with Gasteiger partial charge in [0.15, 0.2) is 0 Å². The Hall–Kier alpha value is 0.810. The molecule has 1 heterocycles. The summed E-state index contributed by atoms with van der Waals surface area (Å²) >= 11 is 6.44. The highest BCUT2D eigenvalue weighted by atomic mass is 33.1. The summed E-state index contributed by atoms with van der Waals surface area (Å²) in [5, 5.41) is 3.22. The summed E-state index contributed by atoms with van der Waals surface area (Å²) in [5.41, 5.74) is 0. The number of rotatable bonds is 0. The Kier molecular flexibility index (Phi) is 17.5. The Morgan fingerprint density at radius 2 is 1.45 bits per heavy atom. The van der Waals surface area contributed by atoms with E-state index in [1.807, 2.05) is 0 Å². The van der Waals surface area contributed by atoms with Gasteiger partial charge in [-0.05, 0) is 25.9 Å². The fourth-order valence-electron chi connectivity index (χ4n) is 0.625. The molecule has 1 aliphatic rings. The van der Waals surface area contributed by atoms with Crippen LogP contribution in [0.15, 0.2) is 0 Å². The minimum absolute atomic E-state index is 1.25. The van der Waals surface area contributed by atoms with Gasteiger partial charge >= 0.3 is 8.25 Å². The standard InChI is InChI=1S/C4H9N.H3O3P.H2S2/c1-2-4-5-3-1;1-4(2)3;1-2/h5H,1-4H2;4H,(H2,1,2,3);1-2H. The van der Waals surface area contributed by atoms with Crippen molar-refractivity contribution in [1.82, 2.24) is 5.32 Å². The third-order valence-electron chi connectivity index (χ3n) is 0.957. The molecule has 0 radical (unpaired) electrons. The molecule has 0 spiro atoms. The Labute approximate surface area is 77.6 Å². The van der Waals surface area contributed by atoms with Crippen molar-refractivity contribution in [3.05, 3.63) is 0 Å². The average Bonchev–Trinajstić information content (AvgIpc) is 2.44. The molecule has 0 aromatic carbocycles. The van der Waals surface area contributed by atoms with E-state index in [0.29, 0.717) is 0 Å². The number of nitrogens with one attached hydrogen (secondary N) is 1. The lowest BCUT2D eigenvalue weighted by molar-refractivity contribution is 0.405. The van der Waals surface area contributed by atoms with Crippen LogP contribution in [-0.4, -0.2) is 22.9 Å². The summed E-state index contributed by atoms with van der Waals surface area (Å²) in [6, 6.07) is 0. The van der Waals surface area contributed by atoms with Crippen molar-refractivity contribution in [1.29, 1.82) is 0 Å². The minimum atomic E-state index is -3.13. The molecule has 0 unspecified atom stereocenters. The molecule has 0 saturated carbocycles. The molecule has 3 N–H and O–H groups in total. The third-order valence-corrected chi connectivity index (χ3v) is 0.957. The molecule has 70 valence electrons. The van der Waals surface area contributed by atoms with Gasteiger partial charge in [0, 0.05) is 0 Å². The van der Waals surface area contributed by atoms with Crippen LogP contribution in [0.4, 0.5) is 0 Å². The Morgan fingerprint density at radius 3 is 1.55 bits per heavy atom. The van der Waals surface area contributed by atoms with Crippen LogP contribution in [-0.2, 0) is 4.57 Å². The Bertz CT molecular complexity index is 79.8. The molecule has 4 nitrogen and oxygen atoms in total. The monoisotopic (exact) mass is 219 g/mol. The maximum Gasteiger partial charge on any atom is 0.314 e. The highest BCUT2D eigenvalue weighted by Crippen LogP contribution is 1.98. The van der Waals surface area contributed by atoms with E-state index in [4.69, 9.17) is 14.4 Å². The molecule has 1 rings (SSSR count). The second-order valence-corrected chi connectivity index (χ2v) is 2.30. The zero-order valence-electron chi connectivity index (χ0n) is 6.03. The molecule has 7 heteroatoms. The van der Waals surface area contributed by atoms with Crippen LogP contribution >= 0.6 is 31.6 Å². The first-order chi connectivity index (χ1) is 5.23. The van der Waals surface area contributed by atoms with Gasteiger partial charge in [0.1, 0.15) is 0 Å². The van der Waals surface area contributed by atoms with Crippen molar-refractivity contribution in [2.75, 3.05) is 13.1 Å². The van der Waals surface area contributed by atoms with Crippen LogP contribution in [0.3, 0.4) is 0 Å². The van der Waals surface area contributed by atoms with E-state index < -0.39 is 8.25 Å². The van der Waals surface area contributed by atoms with Crippen LogP contribution in [0.5, 0.6) is 0 Å². The van der Waals surface area contributed by atoms with Gasteiger partial charge in [-0.15, -0.1) is 23.3 Å². The van der Waals surface area contributed by atoms with Gasteiger partial charge in [0.25, 0.3) is 0 Å². The fourth-order valence-corrected chi connectivity index (χ4v) is 0.625. The minimum Gasteiger partial charge on any atom is -0.326 e. The van der Waals surface area contributed by atoms with E-state index in [-0.39, 0.29) is 0 Å². The molecule has 0 aromatic rings. The van der Waals surface area contributed by atoms with Crippen molar-refractivity contribution in [2.24, 2.45) is 0 Å². The number of thiol groups is 2. The van der Waals surface area contributed by atoms with Crippen molar-refractivity contribution in [3.8, 4) is 0 Å². The second kappa shape index (κ2) is 13.4. The molecule has 1 fully saturated rings. The van der Waals surface area contributed by atoms with E-state index in [9.17, 15) is 0 Å². The smallest absolute Gasteiger partial charge is 0.314 e. The summed E-state index contributed by atoms with van der Waals surface area (Å²) in [4.78, 5) is 14.3. The van der Waals surface area contributed by atoms with Crippen molar-refractivity contribution in [3.63, 3.8) is 0 Å². The predicted molar refractivity (Wildman–Crippen MR) is 53.5 cm³/mol. The SMILES string of the molecule is C1CCNC1.O=[PH](O)O.SS. The lowest BCUT2D eigenvalue weighted by Gasteiger charge is -1.76. The summed E-state index contributed by atoms with van der Waals surface area (Å²) in [6.07, 6.45) is 2.78. The normalized spacial score (nSPS) is 14.6. The summed E-state index contributed by atoms with van der Waals surface area (Å²) < 4.78 is 8.74. The molecular formula is C4H14NO3PS2. The van der Waals surface area contributed by atoms with Gasteiger partial charge in [-0.2, -0.15) is 0 Å². The zero-order chi connectivity index (χ0) is 9.11. The maximum absolute atomic E-state index is 8.74. The van der Waals surface area contributed by atoms with Gasteiger partial charge in [-0.1, -0.05) is 0 Å². The topological polar surface area (TPSA) is 69.6 Å². The average molecular weight is 219 g/mol. The van der Waals surface area contributed by atoms with Crippen molar-refractivity contribution in [2.45, 2.75) is 12.8 Å². The van der Waals surface area contributed by atoms with E-state index >= 15 is 0 Å². The van der Waals surface area contributed by atoms with E-state index in [1.165, 1.54) is 25.9 Å². The third kappa shape index (κ3) is 24.9. The highest BCUT2D eigenvalue weighted by molar-refractivity contribution is 8.59. The van der Waals surface area contributed by atoms with Crippen LogP contribution in [0, 0.1) is 0 Å². The lowest BCUT2D eigenvalue weighted by Crippen LogP contribution is -2.03. The second-order valence-electron chi connectivity index (χ2n) is 1.74. The quantitative estimate of drug-likeness (QED) is 0.234. The van der Waals surface area contributed by atoms with Crippen LogP contribution in [0.2, 0.25) is 0 Å². The van der Waals surface area contributed by atoms with Gasteiger partial charge in [0.2, 0.25) is 0 Å². The first-order valence-electron chi connectivity index (χ1n) is 3.06. The molecule has 11 heavy (non-hydrogen) atoms. The fraction of sp³-hybridized carbons (Fsp3) is 1.00. The molecular weight excluding hydrogens is 205 g/mol. The molecule has 0 amide bonds. The molecule has 0 atom stereocenters. The summed E-state index contributed by atoms with van der Waals surface area (Å²) in [5.74, 6) is 0. The molecule has 1 aliphatic heterocycles. The first-order valence-corrected chi connectivity index (χ1v) is 5.96. The molecule has 0 aromatic heterocycles. The van der Waals surface area contributed by atoms with E-state index in [0.717, 1.165) is 0 Å². The summed E-state index contributed by atoms with van der Waals surface area (Å²) in [7, 11) is -3.13. The number of hydrogen-bond donors (Lipinski definition) is 5. The largest absolute Gasteiger partial charge is 0.326 e. The van der Waals surface area contributed by atoms with Crippen LogP contribution < -0.4 is 5.32 Å². The summed E-state index contributed by atoms with van der Waals surface area (Å²) in [6.45, 7) is 2.50. The van der Waals surface area contributed by atoms with Crippen LogP contribution in [0.25, 0.3) is 0 Å². The lowest BCUT2D eigenvalue weighted by atomic mass is 10.4. The van der Waals surface area contributed by atoms with Crippen molar-refractivity contribution >= 4 is 31.6 Å². The number of hydrogen-bond acceptors (Lipinski definition) is 4. The Morgan fingerprint density at radius 1 is 1.18 bits per heavy atom. The van der Waals surface area contributed by atoms with Crippen LogP contribution in [0.1, 0.15) is 12.8 Å². The Balaban J connectivity index is 0.